The maximum atomic E-state index is 12.6. The van der Waals surface area contributed by atoms with Crippen molar-refractivity contribution in [3.8, 4) is 0 Å². The van der Waals surface area contributed by atoms with Crippen molar-refractivity contribution in [2.45, 2.75) is 21.6 Å². The van der Waals surface area contributed by atoms with E-state index in [1.54, 1.807) is 0 Å². The fraction of sp³-hybridized carbons (Fsp3) is 0.353. The highest BCUT2D eigenvalue weighted by Crippen LogP contribution is 2.42. The summed E-state index contributed by atoms with van der Waals surface area (Å²) in [6, 6.07) is 8.42. The number of alkyl halides is 3. The first-order valence-corrected chi connectivity index (χ1v) is 10.6. The molecule has 3 rings (SSSR count). The van der Waals surface area contributed by atoms with Crippen LogP contribution in [0.4, 0.5) is 0 Å². The number of carbonyl (C=O) groups excluding carboxylic acids is 3. The summed E-state index contributed by atoms with van der Waals surface area (Å²) in [5, 5.41) is 2.42. The van der Waals surface area contributed by atoms with Crippen molar-refractivity contribution in [1.29, 1.82) is 0 Å². The molecule has 0 aliphatic carbocycles. The Balaban J connectivity index is 1.64. The lowest BCUT2D eigenvalue weighted by atomic mass is 10.0. The molecular weight excluding hydrogens is 470 g/mol. The Kier molecular flexibility index (Phi) is 6.72. The average molecular weight is 484 g/mol. The second-order valence-corrected chi connectivity index (χ2v) is 10.1. The van der Waals surface area contributed by atoms with Crippen LogP contribution in [0.15, 0.2) is 41.1 Å². The van der Waals surface area contributed by atoms with Crippen molar-refractivity contribution in [2.75, 3.05) is 12.4 Å². The number of halogens is 4. The molecule has 0 saturated carbocycles. The molecule has 0 spiro atoms. The Labute approximate surface area is 185 Å². The number of β-lactam (4-membered cyclic amide) rings is 1. The van der Waals surface area contributed by atoms with Crippen LogP contribution < -0.4 is 5.32 Å². The van der Waals surface area contributed by atoms with E-state index in [1.165, 1.54) is 16.7 Å². The lowest BCUT2D eigenvalue weighted by Crippen LogP contribution is -2.70. The smallest absolute Gasteiger partial charge is 0.356 e. The van der Waals surface area contributed by atoms with E-state index >= 15 is 0 Å². The number of amides is 2. The molecule has 1 aromatic carbocycles. The molecule has 2 aliphatic heterocycles. The molecule has 2 amide bonds. The highest BCUT2D eigenvalue weighted by molar-refractivity contribution is 8.00. The van der Waals surface area contributed by atoms with Crippen LogP contribution in [0.2, 0.25) is 0 Å². The molecule has 1 fully saturated rings. The van der Waals surface area contributed by atoms with Crippen molar-refractivity contribution in [2.24, 2.45) is 0 Å². The van der Waals surface area contributed by atoms with Crippen LogP contribution in [0.3, 0.4) is 0 Å². The monoisotopic (exact) mass is 482 g/mol. The molecule has 0 bridgehead atoms. The Morgan fingerprint density at radius 2 is 1.93 bits per heavy atom. The molecule has 1 N–H and O–H groups in total. The number of esters is 1. The zero-order chi connectivity index (χ0) is 20.5. The number of nitrogens with one attached hydrogen (secondary N) is 1. The fourth-order valence-electron chi connectivity index (χ4n) is 2.79. The molecule has 150 valence electrons. The Hall–Kier alpha value is -1.12. The number of benzene rings is 1. The molecule has 2 aliphatic rings. The van der Waals surface area contributed by atoms with Gasteiger partial charge in [0.15, 0.2) is 0 Å². The van der Waals surface area contributed by atoms with E-state index < -0.39 is 33.7 Å². The van der Waals surface area contributed by atoms with Gasteiger partial charge in [0.1, 0.15) is 23.7 Å². The first-order chi connectivity index (χ1) is 13.2. The molecule has 1 aromatic rings. The predicted octanol–water partition coefficient (Wildman–Crippen LogP) is 2.99. The standard InChI is InChI=1S/C17H14Cl4N2O4S/c18-10-7-28-15-12(22-11(24)6-9-4-2-1-3-5-9)14(25)23(15)13(10)16(26)27-8-17(19,20)21/h1-5,12,15H,6-8H2,(H,22,24)/t12?,15-/m0/s1. The van der Waals surface area contributed by atoms with E-state index in [2.05, 4.69) is 5.32 Å². The molecule has 6 nitrogen and oxygen atoms in total. The summed E-state index contributed by atoms with van der Waals surface area (Å²) in [5.74, 6) is -1.30. The minimum Gasteiger partial charge on any atom is -0.456 e. The summed E-state index contributed by atoms with van der Waals surface area (Å²) < 4.78 is 3.17. The van der Waals surface area contributed by atoms with Crippen molar-refractivity contribution in [3.63, 3.8) is 0 Å². The van der Waals surface area contributed by atoms with E-state index in [1.807, 2.05) is 30.3 Å². The maximum Gasteiger partial charge on any atom is 0.356 e. The Morgan fingerprint density at radius 3 is 2.57 bits per heavy atom. The molecular formula is C17H14Cl4N2O4S. The first-order valence-electron chi connectivity index (χ1n) is 8.08. The van der Waals surface area contributed by atoms with Gasteiger partial charge in [-0.1, -0.05) is 76.7 Å². The van der Waals surface area contributed by atoms with Crippen molar-refractivity contribution >= 4 is 75.9 Å². The largest absolute Gasteiger partial charge is 0.456 e. The van der Waals surface area contributed by atoms with Crippen LogP contribution in [-0.4, -0.2) is 50.3 Å². The number of rotatable bonds is 5. The maximum absolute atomic E-state index is 12.6. The van der Waals surface area contributed by atoms with Gasteiger partial charge in [0, 0.05) is 5.75 Å². The van der Waals surface area contributed by atoms with E-state index in [0.717, 1.165) is 5.56 Å². The van der Waals surface area contributed by atoms with E-state index in [4.69, 9.17) is 51.1 Å². The first kappa shape index (κ1) is 21.6. The zero-order valence-corrected chi connectivity index (χ0v) is 18.0. The van der Waals surface area contributed by atoms with Crippen LogP contribution >= 0.6 is 58.2 Å². The normalized spacial score (nSPS) is 21.7. The predicted molar refractivity (Wildman–Crippen MR) is 109 cm³/mol. The van der Waals surface area contributed by atoms with Gasteiger partial charge in [0.25, 0.3) is 5.91 Å². The number of fused-ring (bicyclic) bond motifs is 1. The van der Waals surface area contributed by atoms with Crippen LogP contribution in [0.1, 0.15) is 5.56 Å². The van der Waals surface area contributed by atoms with Gasteiger partial charge >= 0.3 is 5.97 Å². The third-order valence-electron chi connectivity index (χ3n) is 4.01. The number of nitrogens with zero attached hydrogens (tertiary/aromatic N) is 1. The van der Waals surface area contributed by atoms with Gasteiger partial charge in [-0.2, -0.15) is 0 Å². The lowest BCUT2D eigenvalue weighted by molar-refractivity contribution is -0.152. The number of carbonyl (C=O) groups is 3. The number of hydrogen-bond donors (Lipinski definition) is 1. The third-order valence-corrected chi connectivity index (χ3v) is 6.08. The third kappa shape index (κ3) is 4.89. The minimum absolute atomic E-state index is 0.0850. The van der Waals surface area contributed by atoms with Gasteiger partial charge in [0.05, 0.1) is 11.5 Å². The van der Waals surface area contributed by atoms with Gasteiger partial charge in [0.2, 0.25) is 9.70 Å². The lowest BCUT2D eigenvalue weighted by Gasteiger charge is -2.49. The Bertz CT molecular complexity index is 828. The fourth-order valence-corrected chi connectivity index (χ4v) is 4.50. The zero-order valence-electron chi connectivity index (χ0n) is 14.2. The summed E-state index contributed by atoms with van der Waals surface area (Å²) in [4.78, 5) is 38.4. The number of hydrogen-bond acceptors (Lipinski definition) is 5. The SMILES string of the molecule is O=C(Cc1ccccc1)NC1C(=O)N2C(C(=O)OCC(Cl)(Cl)Cl)=C(Cl)CS[C@@H]12. The van der Waals surface area contributed by atoms with E-state index in [-0.39, 0.29) is 23.1 Å². The molecule has 0 radical (unpaired) electrons. The van der Waals surface area contributed by atoms with Gasteiger partial charge < -0.3 is 10.1 Å². The molecule has 2 atom stereocenters. The average Bonchev–Trinajstić information content (AvgIpc) is 2.64. The number of thioether (sulfide) groups is 1. The van der Waals surface area contributed by atoms with E-state index in [9.17, 15) is 14.4 Å². The van der Waals surface area contributed by atoms with Crippen LogP contribution in [-0.2, 0) is 25.5 Å². The highest BCUT2D eigenvalue weighted by Gasteiger charge is 2.54. The second kappa shape index (κ2) is 8.71. The minimum atomic E-state index is -1.78. The molecule has 1 unspecified atom stereocenters. The van der Waals surface area contributed by atoms with Crippen LogP contribution in [0.25, 0.3) is 0 Å². The van der Waals surface area contributed by atoms with Gasteiger partial charge in [-0.05, 0) is 5.56 Å². The van der Waals surface area contributed by atoms with Gasteiger partial charge in [-0.25, -0.2) is 4.79 Å². The summed E-state index contributed by atoms with van der Waals surface area (Å²) >= 11 is 24.2. The van der Waals surface area contributed by atoms with Crippen LogP contribution in [0, 0.1) is 0 Å². The topological polar surface area (TPSA) is 75.7 Å². The molecule has 28 heavy (non-hydrogen) atoms. The summed E-state index contributed by atoms with van der Waals surface area (Å²) in [5.41, 5.74) is 0.747. The van der Waals surface area contributed by atoms with Crippen LogP contribution in [0.5, 0.6) is 0 Å². The summed E-state index contributed by atoms with van der Waals surface area (Å²) in [6.45, 7) is -0.485. The molecule has 1 saturated heterocycles. The van der Waals surface area contributed by atoms with Gasteiger partial charge in [-0.3, -0.25) is 14.5 Å². The van der Waals surface area contributed by atoms with Crippen molar-refractivity contribution < 1.29 is 19.1 Å². The summed E-state index contributed by atoms with van der Waals surface area (Å²) in [7, 11) is 0. The molecule has 2 heterocycles. The highest BCUT2D eigenvalue weighted by atomic mass is 35.6. The molecule has 11 heteroatoms. The molecule has 0 aromatic heterocycles. The quantitative estimate of drug-likeness (QED) is 0.395. The van der Waals surface area contributed by atoms with E-state index in [0.29, 0.717) is 5.75 Å². The van der Waals surface area contributed by atoms with Crippen molar-refractivity contribution in [1.82, 2.24) is 10.2 Å². The van der Waals surface area contributed by atoms with Crippen molar-refractivity contribution in [3.05, 3.63) is 46.6 Å². The second-order valence-electron chi connectivity index (χ2n) is 6.06. The number of ether oxygens (including phenoxy) is 1. The summed E-state index contributed by atoms with van der Waals surface area (Å²) in [6.07, 6.45) is 0.150. The van der Waals surface area contributed by atoms with Gasteiger partial charge in [-0.15, -0.1) is 11.8 Å². The Morgan fingerprint density at radius 1 is 1.25 bits per heavy atom.